The number of hydrogen-bond donors (Lipinski definition) is 2. The van der Waals surface area contributed by atoms with Gasteiger partial charge in [-0.1, -0.05) is 18.2 Å². The Labute approximate surface area is 118 Å². The molecule has 1 unspecified atom stereocenters. The number of aliphatic hydroxyl groups excluding tert-OH is 1. The van der Waals surface area contributed by atoms with Crippen LogP contribution in [0.2, 0.25) is 0 Å². The van der Waals surface area contributed by atoms with Crippen molar-refractivity contribution < 1.29 is 9.90 Å². The third kappa shape index (κ3) is 2.96. The van der Waals surface area contributed by atoms with Crippen LogP contribution < -0.4 is 5.32 Å². The first-order valence-electron chi connectivity index (χ1n) is 6.78. The van der Waals surface area contributed by atoms with Gasteiger partial charge in [0, 0.05) is 17.1 Å². The molecule has 4 nitrogen and oxygen atoms in total. The van der Waals surface area contributed by atoms with Gasteiger partial charge in [0.2, 0.25) is 5.91 Å². The molecular formula is C16H20N2O2. The maximum Gasteiger partial charge on any atom is 0.224 e. The van der Waals surface area contributed by atoms with Crippen LogP contribution in [0.25, 0.3) is 10.9 Å². The molecule has 1 heterocycles. The molecule has 1 aromatic carbocycles. The Balaban J connectivity index is 2.32. The second-order valence-corrected chi connectivity index (χ2v) is 5.15. The molecule has 1 atom stereocenters. The molecule has 0 radical (unpaired) electrons. The van der Waals surface area contributed by atoms with Crippen molar-refractivity contribution in [3.8, 4) is 0 Å². The zero-order valence-corrected chi connectivity index (χ0v) is 12.1. The molecule has 0 fully saturated rings. The molecule has 0 spiro atoms. The van der Waals surface area contributed by atoms with Gasteiger partial charge in [0.1, 0.15) is 0 Å². The van der Waals surface area contributed by atoms with E-state index in [4.69, 9.17) is 5.11 Å². The van der Waals surface area contributed by atoms with Crippen molar-refractivity contribution in [3.63, 3.8) is 0 Å². The minimum Gasteiger partial charge on any atom is -0.394 e. The summed E-state index contributed by atoms with van der Waals surface area (Å²) in [5, 5.41) is 12.8. The maximum absolute atomic E-state index is 12.0. The number of aliphatic hydroxyl groups is 1. The molecule has 20 heavy (non-hydrogen) atoms. The Bertz CT molecular complexity index is 638. The number of hydrogen-bond acceptors (Lipinski definition) is 3. The number of pyridine rings is 1. The lowest BCUT2D eigenvalue weighted by molar-refractivity contribution is -0.121. The van der Waals surface area contributed by atoms with Gasteiger partial charge in [0.05, 0.1) is 18.5 Å². The number of nitrogens with zero attached hydrogens (tertiary/aromatic N) is 1. The highest BCUT2D eigenvalue weighted by atomic mass is 16.3. The molecule has 0 aliphatic carbocycles. The molecule has 0 aliphatic heterocycles. The summed E-state index contributed by atoms with van der Waals surface area (Å²) in [5.74, 6) is -0.0881. The van der Waals surface area contributed by atoms with E-state index in [0.717, 1.165) is 27.7 Å². The summed E-state index contributed by atoms with van der Waals surface area (Å²) in [6, 6.07) is 7.71. The lowest BCUT2D eigenvalue weighted by Gasteiger charge is -2.14. The number of aromatic nitrogens is 1. The molecule has 1 aromatic heterocycles. The van der Waals surface area contributed by atoms with E-state index in [-0.39, 0.29) is 18.6 Å². The van der Waals surface area contributed by atoms with Crippen LogP contribution in [0.15, 0.2) is 24.3 Å². The second-order valence-electron chi connectivity index (χ2n) is 5.15. The van der Waals surface area contributed by atoms with Crippen molar-refractivity contribution in [2.24, 2.45) is 0 Å². The molecule has 0 saturated heterocycles. The molecule has 2 rings (SSSR count). The van der Waals surface area contributed by atoms with Crippen LogP contribution in [0.5, 0.6) is 0 Å². The SMILES string of the molecule is Cc1nc2ccccc2c(C)c1CC(=O)NC(C)CO. The van der Waals surface area contributed by atoms with Gasteiger partial charge >= 0.3 is 0 Å². The van der Waals surface area contributed by atoms with Crippen LogP contribution in [0.1, 0.15) is 23.7 Å². The molecule has 0 bridgehead atoms. The number of amides is 1. The van der Waals surface area contributed by atoms with E-state index in [9.17, 15) is 4.79 Å². The van der Waals surface area contributed by atoms with Gasteiger partial charge in [-0.15, -0.1) is 0 Å². The van der Waals surface area contributed by atoms with Crippen LogP contribution >= 0.6 is 0 Å². The molecule has 0 saturated carbocycles. The number of carbonyl (C=O) groups is 1. The van der Waals surface area contributed by atoms with Crippen molar-refractivity contribution in [3.05, 3.63) is 41.1 Å². The zero-order chi connectivity index (χ0) is 14.7. The normalized spacial score (nSPS) is 12.4. The molecule has 4 heteroatoms. The molecule has 2 N–H and O–H groups in total. The minimum absolute atomic E-state index is 0.0559. The molecular weight excluding hydrogens is 252 g/mol. The van der Waals surface area contributed by atoms with Crippen molar-refractivity contribution in [2.45, 2.75) is 33.2 Å². The number of carbonyl (C=O) groups excluding carboxylic acids is 1. The smallest absolute Gasteiger partial charge is 0.224 e. The fraction of sp³-hybridized carbons (Fsp3) is 0.375. The highest BCUT2D eigenvalue weighted by molar-refractivity contribution is 5.86. The van der Waals surface area contributed by atoms with Gasteiger partial charge in [0.25, 0.3) is 0 Å². The molecule has 1 amide bonds. The summed E-state index contributed by atoms with van der Waals surface area (Å²) in [7, 11) is 0. The number of nitrogens with one attached hydrogen (secondary N) is 1. The van der Waals surface area contributed by atoms with E-state index in [2.05, 4.69) is 10.3 Å². The largest absolute Gasteiger partial charge is 0.394 e. The summed E-state index contributed by atoms with van der Waals surface area (Å²) in [6.07, 6.45) is 0.292. The first-order chi connectivity index (χ1) is 9.52. The third-order valence-corrected chi connectivity index (χ3v) is 3.50. The highest BCUT2D eigenvalue weighted by Gasteiger charge is 2.14. The summed E-state index contributed by atoms with van der Waals surface area (Å²) in [5.41, 5.74) is 3.90. The first-order valence-corrected chi connectivity index (χ1v) is 6.78. The topological polar surface area (TPSA) is 62.2 Å². The maximum atomic E-state index is 12.0. The van der Waals surface area contributed by atoms with Gasteiger partial charge < -0.3 is 10.4 Å². The van der Waals surface area contributed by atoms with Gasteiger partial charge in [0.15, 0.2) is 0 Å². The first kappa shape index (κ1) is 14.5. The average molecular weight is 272 g/mol. The monoisotopic (exact) mass is 272 g/mol. The number of para-hydroxylation sites is 1. The van der Waals surface area contributed by atoms with E-state index in [1.807, 2.05) is 38.1 Å². The van der Waals surface area contributed by atoms with Crippen molar-refractivity contribution in [2.75, 3.05) is 6.61 Å². The Kier molecular flexibility index (Phi) is 4.35. The lowest BCUT2D eigenvalue weighted by atomic mass is 9.99. The van der Waals surface area contributed by atoms with Crippen LogP contribution in [-0.2, 0) is 11.2 Å². The number of fused-ring (bicyclic) bond motifs is 1. The Morgan fingerprint density at radius 1 is 1.35 bits per heavy atom. The van der Waals surface area contributed by atoms with E-state index in [1.54, 1.807) is 6.92 Å². The van der Waals surface area contributed by atoms with Gasteiger partial charge in [-0.25, -0.2) is 0 Å². The van der Waals surface area contributed by atoms with Gasteiger partial charge in [-0.05, 0) is 38.0 Å². The Morgan fingerprint density at radius 2 is 2.05 bits per heavy atom. The van der Waals surface area contributed by atoms with Crippen LogP contribution in [0.3, 0.4) is 0 Å². The standard InChI is InChI=1S/C16H20N2O2/c1-10(9-19)17-16(20)8-14-11(2)13-6-4-5-7-15(13)18-12(14)3/h4-7,10,19H,8-9H2,1-3H3,(H,17,20). The highest BCUT2D eigenvalue weighted by Crippen LogP contribution is 2.22. The summed E-state index contributed by atoms with van der Waals surface area (Å²) in [6.45, 7) is 5.67. The van der Waals surface area contributed by atoms with E-state index < -0.39 is 0 Å². The Hall–Kier alpha value is -1.94. The Morgan fingerprint density at radius 3 is 2.75 bits per heavy atom. The van der Waals surface area contributed by atoms with Crippen LogP contribution in [-0.4, -0.2) is 28.6 Å². The zero-order valence-electron chi connectivity index (χ0n) is 12.1. The van der Waals surface area contributed by atoms with Gasteiger partial charge in [-0.3, -0.25) is 9.78 Å². The van der Waals surface area contributed by atoms with Crippen molar-refractivity contribution >= 4 is 16.8 Å². The van der Waals surface area contributed by atoms with Gasteiger partial charge in [-0.2, -0.15) is 0 Å². The fourth-order valence-electron chi connectivity index (χ4n) is 2.36. The van der Waals surface area contributed by atoms with E-state index in [1.165, 1.54) is 0 Å². The lowest BCUT2D eigenvalue weighted by Crippen LogP contribution is -2.36. The second kappa shape index (κ2) is 6.01. The molecule has 2 aromatic rings. The third-order valence-electron chi connectivity index (χ3n) is 3.50. The number of rotatable bonds is 4. The van der Waals surface area contributed by atoms with Crippen LogP contribution in [0.4, 0.5) is 0 Å². The average Bonchev–Trinajstić information content (AvgIpc) is 2.43. The quantitative estimate of drug-likeness (QED) is 0.893. The molecule has 0 aliphatic rings. The van der Waals surface area contributed by atoms with Crippen molar-refractivity contribution in [1.29, 1.82) is 0 Å². The fourth-order valence-corrected chi connectivity index (χ4v) is 2.36. The predicted octanol–water partition coefficient (Wildman–Crippen LogP) is 1.89. The number of benzene rings is 1. The molecule has 106 valence electrons. The minimum atomic E-state index is -0.225. The van der Waals surface area contributed by atoms with E-state index >= 15 is 0 Å². The summed E-state index contributed by atoms with van der Waals surface area (Å²) in [4.78, 5) is 16.5. The number of aryl methyl sites for hydroxylation is 2. The summed E-state index contributed by atoms with van der Waals surface area (Å²) < 4.78 is 0. The summed E-state index contributed by atoms with van der Waals surface area (Å²) >= 11 is 0. The predicted molar refractivity (Wildman–Crippen MR) is 79.6 cm³/mol. The van der Waals surface area contributed by atoms with Crippen molar-refractivity contribution in [1.82, 2.24) is 10.3 Å². The van der Waals surface area contributed by atoms with Crippen LogP contribution in [0, 0.1) is 13.8 Å². The van der Waals surface area contributed by atoms with E-state index in [0.29, 0.717) is 6.42 Å².